The first-order valence-electron chi connectivity index (χ1n) is 11.6. The molecule has 3 aromatic carbocycles. The van der Waals surface area contributed by atoms with Gasteiger partial charge < -0.3 is 10.2 Å². The number of fused-ring (bicyclic) bond motifs is 1. The van der Waals surface area contributed by atoms with E-state index in [1.165, 1.54) is 47.5 Å². The Bertz CT molecular complexity index is 1310. The normalized spacial score (nSPS) is 15.7. The molecule has 0 unspecified atom stereocenters. The van der Waals surface area contributed by atoms with Gasteiger partial charge in [0.1, 0.15) is 0 Å². The molecule has 0 aliphatic carbocycles. The summed E-state index contributed by atoms with van der Waals surface area (Å²) in [7, 11) is -3.88. The summed E-state index contributed by atoms with van der Waals surface area (Å²) in [5, 5.41) is 5.04. The third kappa shape index (κ3) is 6.05. The zero-order valence-corrected chi connectivity index (χ0v) is 20.7. The predicted molar refractivity (Wildman–Crippen MR) is 136 cm³/mol. The summed E-state index contributed by atoms with van der Waals surface area (Å²) >= 11 is 0. The Labute approximate surface area is 206 Å². The first kappa shape index (κ1) is 24.8. The van der Waals surface area contributed by atoms with Crippen LogP contribution in [0.5, 0.6) is 0 Å². The van der Waals surface area contributed by atoms with Crippen molar-refractivity contribution >= 4 is 38.3 Å². The first-order chi connectivity index (χ1) is 16.7. The summed E-state index contributed by atoms with van der Waals surface area (Å²) in [4.78, 5) is 28.2. The van der Waals surface area contributed by atoms with Crippen LogP contribution in [0.15, 0.2) is 71.6 Å². The molecule has 2 N–H and O–H groups in total. The number of sulfonamides is 1. The number of carbonyl (C=O) groups is 2. The van der Waals surface area contributed by atoms with Crippen molar-refractivity contribution in [2.75, 3.05) is 31.5 Å². The largest absolute Gasteiger partial charge is 0.339 e. The lowest BCUT2D eigenvalue weighted by atomic mass is 10.0. The van der Waals surface area contributed by atoms with Crippen molar-refractivity contribution in [3.8, 4) is 0 Å². The molecule has 1 aliphatic heterocycles. The monoisotopic (exact) mass is 494 g/mol. The highest BCUT2D eigenvalue weighted by atomic mass is 32.2. The second-order valence-electron chi connectivity index (χ2n) is 8.79. The molecule has 1 saturated heterocycles. The minimum atomic E-state index is -3.88. The van der Waals surface area contributed by atoms with Gasteiger partial charge in [0.25, 0.3) is 0 Å². The number of nitrogens with zero attached hydrogens (tertiary/aromatic N) is 2. The maximum Gasteiger partial charge on any atom is 0.241 e. The fourth-order valence-corrected chi connectivity index (χ4v) is 5.54. The third-order valence-electron chi connectivity index (χ3n) is 6.15. The van der Waals surface area contributed by atoms with Gasteiger partial charge in [-0.25, -0.2) is 8.42 Å². The molecule has 4 rings (SSSR count). The van der Waals surface area contributed by atoms with Crippen LogP contribution in [0, 0.1) is 0 Å². The molecule has 1 atom stereocenters. The Morgan fingerprint density at radius 3 is 2.26 bits per heavy atom. The van der Waals surface area contributed by atoms with Crippen LogP contribution in [0.1, 0.15) is 19.4 Å². The van der Waals surface area contributed by atoms with E-state index in [1.54, 1.807) is 11.8 Å². The standard InChI is InChI=1S/C26H30N4O4S/c1-19(28-35(33,34)24-12-10-23(11-13-24)27-20(2)31)26(32)30-16-14-29(15-17-30)18-22-8-5-7-21-6-3-4-9-25(21)22/h3-13,19,28H,14-18H2,1-2H3,(H,27,31)/t19-/m0/s1. The number of amides is 2. The van der Waals surface area contributed by atoms with Crippen LogP contribution in [0.25, 0.3) is 10.8 Å². The molecular weight excluding hydrogens is 464 g/mol. The Hall–Kier alpha value is -3.27. The number of carbonyl (C=O) groups excluding carboxylic acids is 2. The molecular formula is C26H30N4O4S. The van der Waals surface area contributed by atoms with Crippen LogP contribution in [-0.2, 0) is 26.2 Å². The minimum absolute atomic E-state index is 0.0335. The van der Waals surface area contributed by atoms with E-state index in [9.17, 15) is 18.0 Å². The SMILES string of the molecule is CC(=O)Nc1ccc(S(=O)(=O)N[C@@H](C)C(=O)N2CCN(Cc3cccc4ccccc34)CC2)cc1. The zero-order valence-electron chi connectivity index (χ0n) is 19.9. The van der Waals surface area contributed by atoms with Gasteiger partial charge in [-0.3, -0.25) is 14.5 Å². The van der Waals surface area contributed by atoms with Crippen molar-refractivity contribution in [1.29, 1.82) is 0 Å². The van der Waals surface area contributed by atoms with Crippen molar-refractivity contribution in [3.63, 3.8) is 0 Å². The molecule has 3 aromatic rings. The molecule has 35 heavy (non-hydrogen) atoms. The quantitative estimate of drug-likeness (QED) is 0.526. The van der Waals surface area contributed by atoms with Gasteiger partial charge >= 0.3 is 0 Å². The van der Waals surface area contributed by atoms with E-state index < -0.39 is 16.1 Å². The molecule has 0 spiro atoms. The van der Waals surface area contributed by atoms with Crippen molar-refractivity contribution in [1.82, 2.24) is 14.5 Å². The molecule has 8 nitrogen and oxygen atoms in total. The molecule has 0 radical (unpaired) electrons. The van der Waals surface area contributed by atoms with Gasteiger partial charge in [-0.15, -0.1) is 0 Å². The number of hydrogen-bond acceptors (Lipinski definition) is 5. The molecule has 1 aliphatic rings. The summed E-state index contributed by atoms with van der Waals surface area (Å²) in [5.41, 5.74) is 1.76. The molecule has 0 bridgehead atoms. The fraction of sp³-hybridized carbons (Fsp3) is 0.308. The van der Waals surface area contributed by atoms with E-state index in [1.807, 2.05) is 12.1 Å². The molecule has 0 saturated carbocycles. The Kier molecular flexibility index (Phi) is 7.49. The second-order valence-corrected chi connectivity index (χ2v) is 10.5. The van der Waals surface area contributed by atoms with Crippen molar-refractivity contribution < 1.29 is 18.0 Å². The average Bonchev–Trinajstić information content (AvgIpc) is 2.84. The highest BCUT2D eigenvalue weighted by Gasteiger charge is 2.28. The van der Waals surface area contributed by atoms with Crippen LogP contribution in [0.3, 0.4) is 0 Å². The predicted octanol–water partition coefficient (Wildman–Crippen LogP) is 2.81. The summed E-state index contributed by atoms with van der Waals surface area (Å²) in [6, 6.07) is 19.6. The van der Waals surface area contributed by atoms with E-state index in [4.69, 9.17) is 0 Å². The van der Waals surface area contributed by atoms with Crippen molar-refractivity contribution in [2.45, 2.75) is 31.3 Å². The maximum atomic E-state index is 13.0. The van der Waals surface area contributed by atoms with Crippen molar-refractivity contribution in [3.05, 3.63) is 72.3 Å². The van der Waals surface area contributed by atoms with E-state index in [2.05, 4.69) is 45.3 Å². The maximum absolute atomic E-state index is 13.0. The topological polar surface area (TPSA) is 98.8 Å². The molecule has 184 valence electrons. The minimum Gasteiger partial charge on any atom is -0.339 e. The number of rotatable bonds is 7. The van der Waals surface area contributed by atoms with Crippen LogP contribution >= 0.6 is 0 Å². The van der Waals surface area contributed by atoms with Crippen LogP contribution < -0.4 is 10.0 Å². The van der Waals surface area contributed by atoms with E-state index in [-0.39, 0.29) is 16.7 Å². The molecule has 1 fully saturated rings. The Balaban J connectivity index is 1.32. The lowest BCUT2D eigenvalue weighted by molar-refractivity contribution is -0.134. The van der Waals surface area contributed by atoms with Crippen LogP contribution in [0.2, 0.25) is 0 Å². The van der Waals surface area contributed by atoms with Crippen molar-refractivity contribution in [2.24, 2.45) is 0 Å². The number of piperazine rings is 1. The van der Waals surface area contributed by atoms with Gasteiger partial charge in [0.2, 0.25) is 21.8 Å². The highest BCUT2D eigenvalue weighted by molar-refractivity contribution is 7.89. The van der Waals surface area contributed by atoms with Gasteiger partial charge in [0, 0.05) is 45.3 Å². The van der Waals surface area contributed by atoms with Gasteiger partial charge in [-0.1, -0.05) is 42.5 Å². The molecule has 9 heteroatoms. The summed E-state index contributed by atoms with van der Waals surface area (Å²) < 4.78 is 28.0. The second kappa shape index (κ2) is 10.6. The zero-order chi connectivity index (χ0) is 25.0. The van der Waals surface area contributed by atoms with E-state index >= 15 is 0 Å². The van der Waals surface area contributed by atoms with E-state index in [0.717, 1.165) is 19.6 Å². The Morgan fingerprint density at radius 1 is 0.914 bits per heavy atom. The fourth-order valence-electron chi connectivity index (χ4n) is 4.34. The van der Waals surface area contributed by atoms with Crippen LogP contribution in [0.4, 0.5) is 5.69 Å². The van der Waals surface area contributed by atoms with Gasteiger partial charge in [0.05, 0.1) is 10.9 Å². The average molecular weight is 495 g/mol. The number of benzene rings is 3. The smallest absolute Gasteiger partial charge is 0.241 e. The van der Waals surface area contributed by atoms with Gasteiger partial charge in [-0.2, -0.15) is 4.72 Å². The lowest BCUT2D eigenvalue weighted by Gasteiger charge is -2.36. The lowest BCUT2D eigenvalue weighted by Crippen LogP contribution is -2.53. The number of nitrogens with one attached hydrogen (secondary N) is 2. The number of hydrogen-bond donors (Lipinski definition) is 2. The molecule has 2 amide bonds. The highest BCUT2D eigenvalue weighted by Crippen LogP contribution is 2.21. The molecule has 0 aromatic heterocycles. The Morgan fingerprint density at radius 2 is 1.57 bits per heavy atom. The summed E-state index contributed by atoms with van der Waals surface area (Å²) in [5.74, 6) is -0.483. The summed E-state index contributed by atoms with van der Waals surface area (Å²) in [6.07, 6.45) is 0. The number of anilines is 1. The van der Waals surface area contributed by atoms with E-state index in [0.29, 0.717) is 18.8 Å². The summed E-state index contributed by atoms with van der Waals surface area (Å²) in [6.45, 7) is 6.28. The van der Waals surface area contributed by atoms with Gasteiger partial charge in [0.15, 0.2) is 0 Å². The van der Waals surface area contributed by atoms with Gasteiger partial charge in [-0.05, 0) is 47.5 Å². The molecule has 1 heterocycles. The van der Waals surface area contributed by atoms with Crippen LogP contribution in [-0.4, -0.2) is 62.3 Å². The third-order valence-corrected chi connectivity index (χ3v) is 7.70. The first-order valence-corrected chi connectivity index (χ1v) is 13.1.